The van der Waals surface area contributed by atoms with E-state index in [1.165, 1.54) is 4.88 Å². The van der Waals surface area contributed by atoms with Crippen molar-refractivity contribution in [2.24, 2.45) is 0 Å². The summed E-state index contributed by atoms with van der Waals surface area (Å²) in [5.74, 6) is 1.50. The molecule has 0 fully saturated rings. The van der Waals surface area contributed by atoms with Gasteiger partial charge in [-0.3, -0.25) is 0 Å². The van der Waals surface area contributed by atoms with Gasteiger partial charge < -0.3 is 10.2 Å². The second kappa shape index (κ2) is 7.75. The quantitative estimate of drug-likeness (QED) is 0.705. The number of thiophene rings is 1. The summed E-state index contributed by atoms with van der Waals surface area (Å²) in [7, 11) is 4.09. The summed E-state index contributed by atoms with van der Waals surface area (Å²) >= 11 is 7.83. The summed E-state index contributed by atoms with van der Waals surface area (Å²) in [6.45, 7) is 1.73. The maximum atomic E-state index is 6.14. The van der Waals surface area contributed by atoms with Gasteiger partial charge in [0.25, 0.3) is 0 Å². The molecule has 3 rings (SSSR count). The number of anilines is 1. The highest BCUT2D eigenvalue weighted by Crippen LogP contribution is 2.24. The molecule has 0 saturated heterocycles. The third-order valence-corrected chi connectivity index (χ3v) is 4.54. The minimum Gasteiger partial charge on any atom is -0.368 e. The Balaban J connectivity index is 1.94. The fourth-order valence-electron chi connectivity index (χ4n) is 2.27. The maximum Gasteiger partial charge on any atom is 0.155 e. The summed E-state index contributed by atoms with van der Waals surface area (Å²) in [4.78, 5) is 12.6. The van der Waals surface area contributed by atoms with E-state index >= 15 is 0 Å². The van der Waals surface area contributed by atoms with E-state index in [1.54, 1.807) is 11.3 Å². The molecule has 0 bridgehead atoms. The Kier molecular flexibility index (Phi) is 5.45. The van der Waals surface area contributed by atoms with Crippen molar-refractivity contribution in [2.75, 3.05) is 32.5 Å². The zero-order valence-corrected chi connectivity index (χ0v) is 15.2. The van der Waals surface area contributed by atoms with Crippen LogP contribution in [0, 0.1) is 0 Å². The molecule has 0 amide bonds. The fourth-order valence-corrected chi connectivity index (χ4v) is 3.06. The van der Waals surface area contributed by atoms with Gasteiger partial charge in [0.15, 0.2) is 5.82 Å². The Morgan fingerprint density at radius 1 is 1.21 bits per heavy atom. The van der Waals surface area contributed by atoms with E-state index in [9.17, 15) is 0 Å². The van der Waals surface area contributed by atoms with Crippen LogP contribution < -0.4 is 5.32 Å². The van der Waals surface area contributed by atoms with Crippen LogP contribution in [-0.2, 0) is 0 Å². The first-order valence-corrected chi connectivity index (χ1v) is 8.95. The lowest BCUT2D eigenvalue weighted by Gasteiger charge is -2.13. The Hall–Kier alpha value is -1.95. The standard InChI is InChI=1S/C18H19ClN4S/c1-23(2)10-9-20-18-15-12-13(19)5-7-16(15)21-17(22-18)8-6-14-4-3-11-24-14/h3-8,11-12H,9-10H2,1-2H3,(H,20,21,22)/b8-6+. The molecule has 0 atom stereocenters. The van der Waals surface area contributed by atoms with Gasteiger partial charge in [-0.2, -0.15) is 0 Å². The topological polar surface area (TPSA) is 41.0 Å². The predicted molar refractivity (Wildman–Crippen MR) is 105 cm³/mol. The Bertz CT molecular complexity index is 844. The van der Waals surface area contributed by atoms with Gasteiger partial charge in [0.1, 0.15) is 5.82 Å². The maximum absolute atomic E-state index is 6.14. The van der Waals surface area contributed by atoms with Crippen LogP contribution in [-0.4, -0.2) is 42.1 Å². The van der Waals surface area contributed by atoms with Crippen LogP contribution in [0.15, 0.2) is 35.7 Å². The molecule has 0 radical (unpaired) electrons. The molecule has 0 unspecified atom stereocenters. The van der Waals surface area contributed by atoms with Gasteiger partial charge in [0.2, 0.25) is 0 Å². The summed E-state index contributed by atoms with van der Waals surface area (Å²) in [6.07, 6.45) is 3.97. The molecule has 2 heterocycles. The summed E-state index contributed by atoms with van der Waals surface area (Å²) in [5.41, 5.74) is 0.882. The lowest BCUT2D eigenvalue weighted by atomic mass is 10.2. The van der Waals surface area contributed by atoms with Crippen molar-refractivity contribution in [1.82, 2.24) is 14.9 Å². The first kappa shape index (κ1) is 16.9. The van der Waals surface area contributed by atoms with Crippen LogP contribution in [0.4, 0.5) is 5.82 Å². The van der Waals surface area contributed by atoms with E-state index in [4.69, 9.17) is 11.6 Å². The van der Waals surface area contributed by atoms with Gasteiger partial charge in [-0.25, -0.2) is 9.97 Å². The van der Waals surface area contributed by atoms with Crippen molar-refractivity contribution >= 4 is 51.8 Å². The molecular weight excluding hydrogens is 340 g/mol. The SMILES string of the molecule is CN(C)CCNc1nc(/C=C/c2cccs2)nc2ccc(Cl)cc12. The normalized spacial score (nSPS) is 11.7. The molecule has 24 heavy (non-hydrogen) atoms. The lowest BCUT2D eigenvalue weighted by molar-refractivity contribution is 0.425. The molecule has 4 nitrogen and oxygen atoms in total. The Morgan fingerprint density at radius 2 is 2.08 bits per heavy atom. The third kappa shape index (κ3) is 4.32. The van der Waals surface area contributed by atoms with Crippen molar-refractivity contribution < 1.29 is 0 Å². The van der Waals surface area contributed by atoms with Gasteiger partial charge in [0, 0.05) is 28.4 Å². The van der Waals surface area contributed by atoms with Crippen molar-refractivity contribution in [2.45, 2.75) is 0 Å². The second-order valence-electron chi connectivity index (χ2n) is 5.67. The van der Waals surface area contributed by atoms with E-state index in [1.807, 2.05) is 50.5 Å². The molecule has 1 aromatic carbocycles. The molecule has 124 valence electrons. The largest absolute Gasteiger partial charge is 0.368 e. The smallest absolute Gasteiger partial charge is 0.155 e. The van der Waals surface area contributed by atoms with Crippen LogP contribution in [0.2, 0.25) is 5.02 Å². The number of benzene rings is 1. The third-order valence-electron chi connectivity index (χ3n) is 3.47. The highest BCUT2D eigenvalue weighted by Gasteiger charge is 2.07. The number of fused-ring (bicyclic) bond motifs is 1. The number of hydrogen-bond acceptors (Lipinski definition) is 5. The van der Waals surface area contributed by atoms with Crippen molar-refractivity contribution in [3.63, 3.8) is 0 Å². The Labute approximate surface area is 150 Å². The number of aromatic nitrogens is 2. The van der Waals surface area contributed by atoms with Gasteiger partial charge in [-0.05, 0) is 55.9 Å². The highest BCUT2D eigenvalue weighted by atomic mass is 35.5. The summed E-state index contributed by atoms with van der Waals surface area (Å²) in [6, 6.07) is 9.79. The molecule has 0 aliphatic rings. The number of halogens is 1. The Morgan fingerprint density at radius 3 is 2.83 bits per heavy atom. The monoisotopic (exact) mass is 358 g/mol. The molecule has 2 aromatic heterocycles. The molecule has 0 aliphatic carbocycles. The summed E-state index contributed by atoms with van der Waals surface area (Å²) < 4.78 is 0. The number of rotatable bonds is 6. The minimum atomic E-state index is 0.684. The van der Waals surface area contributed by atoms with Crippen LogP contribution in [0.25, 0.3) is 23.1 Å². The molecule has 0 saturated carbocycles. The van der Waals surface area contributed by atoms with Crippen LogP contribution >= 0.6 is 22.9 Å². The number of nitrogens with one attached hydrogen (secondary N) is 1. The number of nitrogens with zero attached hydrogens (tertiary/aromatic N) is 3. The highest BCUT2D eigenvalue weighted by molar-refractivity contribution is 7.10. The zero-order chi connectivity index (χ0) is 16.9. The van der Waals surface area contributed by atoms with E-state index in [-0.39, 0.29) is 0 Å². The van der Waals surface area contributed by atoms with Gasteiger partial charge in [0.05, 0.1) is 5.52 Å². The zero-order valence-electron chi connectivity index (χ0n) is 13.7. The molecule has 0 spiro atoms. The van der Waals surface area contributed by atoms with Crippen LogP contribution in [0.1, 0.15) is 10.7 Å². The lowest BCUT2D eigenvalue weighted by Crippen LogP contribution is -2.21. The molecular formula is C18H19ClN4S. The first-order chi connectivity index (χ1) is 11.6. The van der Waals surface area contributed by atoms with Crippen molar-refractivity contribution in [3.8, 4) is 0 Å². The number of hydrogen-bond donors (Lipinski definition) is 1. The van der Waals surface area contributed by atoms with Crippen molar-refractivity contribution in [3.05, 3.63) is 51.4 Å². The van der Waals surface area contributed by atoms with Crippen molar-refractivity contribution in [1.29, 1.82) is 0 Å². The summed E-state index contributed by atoms with van der Waals surface area (Å²) in [5, 5.41) is 7.07. The van der Waals surface area contributed by atoms with Crippen LogP contribution in [0.3, 0.4) is 0 Å². The van der Waals surface area contributed by atoms with E-state index in [0.29, 0.717) is 10.8 Å². The van der Waals surface area contributed by atoms with Gasteiger partial charge in [-0.1, -0.05) is 17.7 Å². The molecule has 6 heteroatoms. The second-order valence-corrected chi connectivity index (χ2v) is 7.09. The average molecular weight is 359 g/mol. The minimum absolute atomic E-state index is 0.684. The predicted octanol–water partition coefficient (Wildman–Crippen LogP) is 4.49. The van der Waals surface area contributed by atoms with Gasteiger partial charge in [-0.15, -0.1) is 11.3 Å². The van der Waals surface area contributed by atoms with Crippen LogP contribution in [0.5, 0.6) is 0 Å². The number of likely N-dealkylation sites (N-methyl/N-ethyl adjacent to an activating group) is 1. The van der Waals surface area contributed by atoms with E-state index in [2.05, 4.69) is 31.6 Å². The average Bonchev–Trinajstić information content (AvgIpc) is 3.06. The first-order valence-electron chi connectivity index (χ1n) is 7.69. The van der Waals surface area contributed by atoms with E-state index < -0.39 is 0 Å². The molecule has 1 N–H and O–H groups in total. The van der Waals surface area contributed by atoms with Gasteiger partial charge >= 0.3 is 0 Å². The fraction of sp³-hybridized carbons (Fsp3) is 0.222. The molecule has 3 aromatic rings. The molecule has 0 aliphatic heterocycles. The van der Waals surface area contributed by atoms with E-state index in [0.717, 1.165) is 29.8 Å².